The third kappa shape index (κ3) is 0.888. The Balaban J connectivity index is 2.86. The summed E-state index contributed by atoms with van der Waals surface area (Å²) in [4.78, 5) is 4.18. The van der Waals surface area contributed by atoms with Crippen molar-refractivity contribution in [3.8, 4) is 0 Å². The van der Waals surface area contributed by atoms with Crippen molar-refractivity contribution in [1.29, 1.82) is 0 Å². The second kappa shape index (κ2) is 2.05. The molecule has 3 nitrogen and oxygen atoms in total. The second-order valence-corrected chi connectivity index (χ2v) is 2.69. The first kappa shape index (κ1) is 6.34. The molecular weight excluding hydrogens is 138 g/mol. The van der Waals surface area contributed by atoms with Gasteiger partial charge in [-0.25, -0.2) is 4.52 Å². The topological polar surface area (TPSA) is 30.2 Å². The molecule has 0 aliphatic heterocycles. The Morgan fingerprint density at radius 1 is 1.27 bits per heavy atom. The van der Waals surface area contributed by atoms with E-state index in [0.29, 0.717) is 0 Å². The van der Waals surface area contributed by atoms with Crippen molar-refractivity contribution in [2.24, 2.45) is 0 Å². The van der Waals surface area contributed by atoms with Crippen LogP contribution >= 0.6 is 0 Å². The Labute approximate surface area is 64.7 Å². The van der Waals surface area contributed by atoms with Gasteiger partial charge in [-0.2, -0.15) is 5.10 Å². The SMILES string of the molecule is Cc1cn2ncc(C)c2cn1. The number of aromatic nitrogens is 3. The van der Waals surface area contributed by atoms with Crippen LogP contribution in [0.1, 0.15) is 11.3 Å². The summed E-state index contributed by atoms with van der Waals surface area (Å²) < 4.78 is 1.84. The summed E-state index contributed by atoms with van der Waals surface area (Å²) in [5.41, 5.74) is 3.23. The molecule has 2 heterocycles. The van der Waals surface area contributed by atoms with Crippen molar-refractivity contribution in [2.75, 3.05) is 0 Å². The summed E-state index contributed by atoms with van der Waals surface area (Å²) in [6.45, 7) is 3.98. The van der Waals surface area contributed by atoms with E-state index in [2.05, 4.69) is 10.1 Å². The van der Waals surface area contributed by atoms with Gasteiger partial charge in [-0.05, 0) is 19.4 Å². The molecule has 0 spiro atoms. The monoisotopic (exact) mass is 147 g/mol. The molecule has 0 saturated heterocycles. The zero-order valence-corrected chi connectivity index (χ0v) is 6.57. The molecule has 0 N–H and O–H groups in total. The van der Waals surface area contributed by atoms with Crippen LogP contribution in [0, 0.1) is 13.8 Å². The molecule has 0 aliphatic rings. The quantitative estimate of drug-likeness (QED) is 0.563. The number of nitrogens with zero attached hydrogens (tertiary/aromatic N) is 3. The van der Waals surface area contributed by atoms with Gasteiger partial charge in [0.15, 0.2) is 0 Å². The van der Waals surface area contributed by atoms with E-state index in [1.54, 1.807) is 0 Å². The molecule has 0 amide bonds. The fraction of sp³-hybridized carbons (Fsp3) is 0.250. The van der Waals surface area contributed by atoms with Gasteiger partial charge in [-0.3, -0.25) is 4.98 Å². The van der Waals surface area contributed by atoms with Crippen LogP contribution in [-0.2, 0) is 0 Å². The summed E-state index contributed by atoms with van der Waals surface area (Å²) in [5.74, 6) is 0. The normalized spacial score (nSPS) is 10.7. The van der Waals surface area contributed by atoms with Crippen LogP contribution in [0.4, 0.5) is 0 Å². The molecule has 0 radical (unpaired) electrons. The van der Waals surface area contributed by atoms with E-state index in [0.717, 1.165) is 16.8 Å². The predicted molar refractivity (Wildman–Crippen MR) is 42.5 cm³/mol. The average Bonchev–Trinajstić information content (AvgIpc) is 2.32. The van der Waals surface area contributed by atoms with Crippen LogP contribution in [0.2, 0.25) is 0 Å². The van der Waals surface area contributed by atoms with Gasteiger partial charge < -0.3 is 0 Å². The van der Waals surface area contributed by atoms with Crippen LogP contribution in [-0.4, -0.2) is 14.6 Å². The molecule has 11 heavy (non-hydrogen) atoms. The fourth-order valence-corrected chi connectivity index (χ4v) is 1.09. The number of hydrogen-bond acceptors (Lipinski definition) is 2. The van der Waals surface area contributed by atoms with Gasteiger partial charge in [0.1, 0.15) is 0 Å². The lowest BCUT2D eigenvalue weighted by Gasteiger charge is -1.93. The van der Waals surface area contributed by atoms with E-state index in [4.69, 9.17) is 0 Å². The largest absolute Gasteiger partial charge is 0.258 e. The van der Waals surface area contributed by atoms with E-state index in [1.165, 1.54) is 0 Å². The summed E-state index contributed by atoms with van der Waals surface area (Å²) in [7, 11) is 0. The van der Waals surface area contributed by atoms with E-state index in [9.17, 15) is 0 Å². The molecule has 56 valence electrons. The standard InChI is InChI=1S/C8H9N3/c1-6-3-10-11-5-7(2)9-4-8(6)11/h3-5H,1-2H3. The summed E-state index contributed by atoms with van der Waals surface area (Å²) >= 11 is 0. The third-order valence-electron chi connectivity index (χ3n) is 1.73. The van der Waals surface area contributed by atoms with Crippen molar-refractivity contribution in [3.63, 3.8) is 0 Å². The molecular formula is C8H9N3. The van der Waals surface area contributed by atoms with E-state index >= 15 is 0 Å². The van der Waals surface area contributed by atoms with E-state index < -0.39 is 0 Å². The smallest absolute Gasteiger partial charge is 0.0874 e. The third-order valence-corrected chi connectivity index (χ3v) is 1.73. The maximum Gasteiger partial charge on any atom is 0.0874 e. The van der Waals surface area contributed by atoms with Gasteiger partial charge in [-0.1, -0.05) is 0 Å². The van der Waals surface area contributed by atoms with Gasteiger partial charge in [0.25, 0.3) is 0 Å². The van der Waals surface area contributed by atoms with Crippen LogP contribution in [0.3, 0.4) is 0 Å². The van der Waals surface area contributed by atoms with Gasteiger partial charge in [0.2, 0.25) is 0 Å². The lowest BCUT2D eigenvalue weighted by atomic mass is 10.3. The first-order valence-electron chi connectivity index (χ1n) is 3.54. The maximum atomic E-state index is 4.18. The minimum Gasteiger partial charge on any atom is -0.258 e. The fourth-order valence-electron chi connectivity index (χ4n) is 1.09. The van der Waals surface area contributed by atoms with Crippen LogP contribution in [0.5, 0.6) is 0 Å². The van der Waals surface area contributed by atoms with Crippen molar-refractivity contribution in [3.05, 3.63) is 29.8 Å². The lowest BCUT2D eigenvalue weighted by molar-refractivity contribution is 0.928. The molecule has 0 atom stereocenters. The first-order valence-corrected chi connectivity index (χ1v) is 3.54. The second-order valence-electron chi connectivity index (χ2n) is 2.69. The molecule has 2 aromatic rings. The highest BCUT2D eigenvalue weighted by Crippen LogP contribution is 2.06. The molecule has 0 fully saturated rings. The van der Waals surface area contributed by atoms with Crippen LogP contribution in [0.25, 0.3) is 5.52 Å². The minimum absolute atomic E-state index is 0.987. The molecule has 2 aromatic heterocycles. The average molecular weight is 147 g/mol. The van der Waals surface area contributed by atoms with E-state index in [1.807, 2.05) is 37.0 Å². The van der Waals surface area contributed by atoms with Crippen LogP contribution in [0.15, 0.2) is 18.6 Å². The van der Waals surface area contributed by atoms with Gasteiger partial charge in [-0.15, -0.1) is 0 Å². The highest BCUT2D eigenvalue weighted by molar-refractivity contribution is 5.50. The Bertz CT molecular complexity index is 389. The molecule has 0 aliphatic carbocycles. The van der Waals surface area contributed by atoms with Gasteiger partial charge in [0.05, 0.1) is 29.8 Å². The van der Waals surface area contributed by atoms with Crippen molar-refractivity contribution >= 4 is 5.52 Å². The van der Waals surface area contributed by atoms with Crippen LogP contribution < -0.4 is 0 Å². The molecule has 0 bridgehead atoms. The number of rotatable bonds is 0. The Morgan fingerprint density at radius 2 is 2.09 bits per heavy atom. The Hall–Kier alpha value is -1.38. The number of hydrogen-bond donors (Lipinski definition) is 0. The Kier molecular flexibility index (Phi) is 1.18. The number of fused-ring (bicyclic) bond motifs is 1. The van der Waals surface area contributed by atoms with Gasteiger partial charge in [0, 0.05) is 0 Å². The van der Waals surface area contributed by atoms with Crippen molar-refractivity contribution < 1.29 is 0 Å². The summed E-state index contributed by atoms with van der Waals surface area (Å²) in [6.07, 6.45) is 5.61. The molecule has 2 rings (SSSR count). The number of aryl methyl sites for hydroxylation is 2. The maximum absolute atomic E-state index is 4.18. The molecule has 0 saturated carbocycles. The first-order chi connectivity index (χ1) is 5.27. The minimum atomic E-state index is 0.987. The lowest BCUT2D eigenvalue weighted by Crippen LogP contribution is -1.90. The highest BCUT2D eigenvalue weighted by atomic mass is 15.2. The zero-order chi connectivity index (χ0) is 7.84. The van der Waals surface area contributed by atoms with Gasteiger partial charge >= 0.3 is 0 Å². The van der Waals surface area contributed by atoms with Crippen molar-refractivity contribution in [2.45, 2.75) is 13.8 Å². The summed E-state index contributed by atoms with van der Waals surface area (Å²) in [5, 5.41) is 4.16. The Morgan fingerprint density at radius 3 is 2.91 bits per heavy atom. The zero-order valence-electron chi connectivity index (χ0n) is 6.57. The highest BCUT2D eigenvalue weighted by Gasteiger charge is 1.97. The predicted octanol–water partition coefficient (Wildman–Crippen LogP) is 1.35. The summed E-state index contributed by atoms with van der Waals surface area (Å²) in [6, 6.07) is 0. The molecule has 0 unspecified atom stereocenters. The van der Waals surface area contributed by atoms with Crippen molar-refractivity contribution in [1.82, 2.24) is 14.6 Å². The van der Waals surface area contributed by atoms with E-state index in [-0.39, 0.29) is 0 Å². The molecule has 0 aromatic carbocycles. The molecule has 3 heteroatoms.